The molecule has 1 heterocycles. The van der Waals surface area contributed by atoms with Crippen molar-refractivity contribution in [2.24, 2.45) is 0 Å². The van der Waals surface area contributed by atoms with Crippen molar-refractivity contribution < 1.29 is 0 Å². The lowest BCUT2D eigenvalue weighted by atomic mass is 10.2. The van der Waals surface area contributed by atoms with Crippen LogP contribution in [0.5, 0.6) is 0 Å². The van der Waals surface area contributed by atoms with E-state index in [0.717, 1.165) is 31.2 Å². The second-order valence-corrected chi connectivity index (χ2v) is 4.08. The standard InChI is InChI=1S/C11H18N4/c1-4-12-10-8-6-5-7-9(8)13-11(14-10)15(2)3/h4-7H2,1-3H3,(H,12,13,14). The average molecular weight is 206 g/mol. The van der Waals surface area contributed by atoms with Crippen LogP contribution in [0, 0.1) is 0 Å². The van der Waals surface area contributed by atoms with E-state index in [9.17, 15) is 0 Å². The van der Waals surface area contributed by atoms with Crippen molar-refractivity contribution in [1.29, 1.82) is 0 Å². The molecule has 1 aromatic heterocycles. The van der Waals surface area contributed by atoms with Crippen molar-refractivity contribution in [2.75, 3.05) is 30.9 Å². The van der Waals surface area contributed by atoms with Crippen LogP contribution in [0.2, 0.25) is 0 Å². The lowest BCUT2D eigenvalue weighted by molar-refractivity contribution is 0.895. The molecule has 0 amide bonds. The summed E-state index contributed by atoms with van der Waals surface area (Å²) in [4.78, 5) is 11.1. The summed E-state index contributed by atoms with van der Waals surface area (Å²) in [7, 11) is 3.96. The molecule has 1 aliphatic rings. The first kappa shape index (κ1) is 10.2. The Morgan fingerprint density at radius 3 is 2.73 bits per heavy atom. The van der Waals surface area contributed by atoms with Crippen LogP contribution in [0.25, 0.3) is 0 Å². The van der Waals surface area contributed by atoms with Crippen LogP contribution in [0.1, 0.15) is 24.6 Å². The van der Waals surface area contributed by atoms with Gasteiger partial charge in [0.1, 0.15) is 5.82 Å². The molecule has 4 nitrogen and oxygen atoms in total. The van der Waals surface area contributed by atoms with E-state index >= 15 is 0 Å². The minimum atomic E-state index is 0.812. The Morgan fingerprint density at radius 2 is 2.07 bits per heavy atom. The Morgan fingerprint density at radius 1 is 1.27 bits per heavy atom. The van der Waals surface area contributed by atoms with Gasteiger partial charge in [0.25, 0.3) is 0 Å². The summed E-state index contributed by atoms with van der Waals surface area (Å²) in [6.07, 6.45) is 3.42. The summed E-state index contributed by atoms with van der Waals surface area (Å²) < 4.78 is 0. The van der Waals surface area contributed by atoms with Crippen LogP contribution in [0.15, 0.2) is 0 Å². The first-order valence-corrected chi connectivity index (χ1v) is 5.53. The molecule has 0 fully saturated rings. The van der Waals surface area contributed by atoms with Gasteiger partial charge in [-0.2, -0.15) is 4.98 Å². The molecule has 0 saturated carbocycles. The zero-order valence-corrected chi connectivity index (χ0v) is 9.67. The molecule has 0 aromatic carbocycles. The summed E-state index contributed by atoms with van der Waals surface area (Å²) in [6, 6.07) is 0. The second kappa shape index (κ2) is 4.04. The van der Waals surface area contributed by atoms with Gasteiger partial charge in [0.05, 0.1) is 5.69 Å². The molecule has 15 heavy (non-hydrogen) atoms. The highest BCUT2D eigenvalue weighted by Crippen LogP contribution is 2.27. The van der Waals surface area contributed by atoms with Crippen LogP contribution >= 0.6 is 0 Å². The summed E-state index contributed by atoms with van der Waals surface area (Å²) in [6.45, 7) is 3.01. The minimum absolute atomic E-state index is 0.812. The zero-order chi connectivity index (χ0) is 10.8. The number of rotatable bonds is 3. The van der Waals surface area contributed by atoms with E-state index < -0.39 is 0 Å². The van der Waals surface area contributed by atoms with Gasteiger partial charge < -0.3 is 10.2 Å². The number of aromatic nitrogens is 2. The molecule has 2 rings (SSSR count). The SMILES string of the molecule is CCNc1nc(N(C)C)nc2c1CCC2. The van der Waals surface area contributed by atoms with E-state index in [4.69, 9.17) is 0 Å². The predicted molar refractivity (Wildman–Crippen MR) is 62.5 cm³/mol. The maximum Gasteiger partial charge on any atom is 0.227 e. The second-order valence-electron chi connectivity index (χ2n) is 4.08. The molecule has 4 heteroatoms. The highest BCUT2D eigenvalue weighted by atomic mass is 15.2. The van der Waals surface area contributed by atoms with Gasteiger partial charge in [-0.3, -0.25) is 0 Å². The topological polar surface area (TPSA) is 41.1 Å². The van der Waals surface area contributed by atoms with Crippen LogP contribution < -0.4 is 10.2 Å². The number of hydrogen-bond donors (Lipinski definition) is 1. The highest BCUT2D eigenvalue weighted by molar-refractivity contribution is 5.52. The van der Waals surface area contributed by atoms with Gasteiger partial charge in [0.15, 0.2) is 0 Å². The van der Waals surface area contributed by atoms with Crippen molar-refractivity contribution in [3.05, 3.63) is 11.3 Å². The van der Waals surface area contributed by atoms with Gasteiger partial charge in [-0.15, -0.1) is 0 Å². The third-order valence-electron chi connectivity index (χ3n) is 2.67. The van der Waals surface area contributed by atoms with Crippen LogP contribution in [-0.4, -0.2) is 30.6 Å². The maximum atomic E-state index is 4.57. The van der Waals surface area contributed by atoms with Crippen molar-refractivity contribution >= 4 is 11.8 Å². The van der Waals surface area contributed by atoms with Gasteiger partial charge in [-0.05, 0) is 26.2 Å². The van der Waals surface area contributed by atoms with Gasteiger partial charge in [-0.25, -0.2) is 4.98 Å². The summed E-state index contributed by atoms with van der Waals surface area (Å²) in [5, 5.41) is 3.33. The van der Waals surface area contributed by atoms with E-state index in [1.165, 1.54) is 17.7 Å². The van der Waals surface area contributed by atoms with Crippen LogP contribution in [0.3, 0.4) is 0 Å². The molecule has 1 N–H and O–H groups in total. The van der Waals surface area contributed by atoms with Crippen molar-refractivity contribution in [1.82, 2.24) is 9.97 Å². The first-order valence-electron chi connectivity index (χ1n) is 5.53. The quantitative estimate of drug-likeness (QED) is 0.813. The Hall–Kier alpha value is -1.32. The summed E-state index contributed by atoms with van der Waals surface area (Å²) in [5.74, 6) is 1.84. The number of anilines is 2. The molecule has 0 unspecified atom stereocenters. The largest absolute Gasteiger partial charge is 0.370 e. The van der Waals surface area contributed by atoms with Gasteiger partial charge >= 0.3 is 0 Å². The number of hydrogen-bond acceptors (Lipinski definition) is 4. The molecule has 0 aliphatic heterocycles. The third kappa shape index (κ3) is 1.89. The number of fused-ring (bicyclic) bond motifs is 1. The zero-order valence-electron chi connectivity index (χ0n) is 9.67. The van der Waals surface area contributed by atoms with E-state index in [2.05, 4.69) is 22.2 Å². The van der Waals surface area contributed by atoms with E-state index in [-0.39, 0.29) is 0 Å². The Labute approximate surface area is 90.7 Å². The molecule has 0 atom stereocenters. The van der Waals surface area contributed by atoms with Crippen molar-refractivity contribution in [3.63, 3.8) is 0 Å². The lowest BCUT2D eigenvalue weighted by Gasteiger charge is -2.15. The fraction of sp³-hybridized carbons (Fsp3) is 0.636. The fourth-order valence-electron chi connectivity index (χ4n) is 1.93. The lowest BCUT2D eigenvalue weighted by Crippen LogP contribution is -2.16. The molecule has 0 spiro atoms. The smallest absolute Gasteiger partial charge is 0.227 e. The summed E-state index contributed by atoms with van der Waals surface area (Å²) >= 11 is 0. The molecular formula is C11H18N4. The molecular weight excluding hydrogens is 188 g/mol. The Bertz CT molecular complexity index is 360. The van der Waals surface area contributed by atoms with Crippen LogP contribution in [0.4, 0.5) is 11.8 Å². The Balaban J connectivity index is 2.43. The van der Waals surface area contributed by atoms with Gasteiger partial charge in [-0.1, -0.05) is 0 Å². The predicted octanol–water partition coefficient (Wildman–Crippen LogP) is 1.46. The normalized spacial score (nSPS) is 13.8. The number of nitrogens with zero attached hydrogens (tertiary/aromatic N) is 3. The van der Waals surface area contributed by atoms with Gasteiger partial charge in [0.2, 0.25) is 5.95 Å². The molecule has 82 valence electrons. The highest BCUT2D eigenvalue weighted by Gasteiger charge is 2.19. The molecule has 1 aliphatic carbocycles. The summed E-state index contributed by atoms with van der Waals surface area (Å²) in [5.41, 5.74) is 2.55. The first-order chi connectivity index (χ1) is 7.22. The minimum Gasteiger partial charge on any atom is -0.370 e. The van der Waals surface area contributed by atoms with Crippen molar-refractivity contribution in [2.45, 2.75) is 26.2 Å². The molecule has 0 radical (unpaired) electrons. The maximum absolute atomic E-state index is 4.57. The van der Waals surface area contributed by atoms with E-state index in [1.54, 1.807) is 0 Å². The van der Waals surface area contributed by atoms with Crippen molar-refractivity contribution in [3.8, 4) is 0 Å². The fourth-order valence-corrected chi connectivity index (χ4v) is 1.93. The van der Waals surface area contributed by atoms with Gasteiger partial charge in [0, 0.05) is 26.2 Å². The van der Waals surface area contributed by atoms with E-state index in [0.29, 0.717) is 0 Å². The van der Waals surface area contributed by atoms with E-state index in [1.807, 2.05) is 19.0 Å². The van der Waals surface area contributed by atoms with Crippen LogP contribution in [-0.2, 0) is 12.8 Å². The molecule has 0 saturated heterocycles. The monoisotopic (exact) mass is 206 g/mol. The number of nitrogens with one attached hydrogen (secondary N) is 1. The Kier molecular flexibility index (Phi) is 2.75. The average Bonchev–Trinajstić information content (AvgIpc) is 2.65. The molecule has 0 bridgehead atoms. The third-order valence-corrected chi connectivity index (χ3v) is 2.67. The molecule has 1 aromatic rings. The number of aryl methyl sites for hydroxylation is 1.